The fraction of sp³-hybridized carbons (Fsp3) is 0.118. The van der Waals surface area contributed by atoms with Gasteiger partial charge in [-0.3, -0.25) is 0 Å². The van der Waals surface area contributed by atoms with Crippen molar-refractivity contribution in [2.24, 2.45) is 0 Å². The monoisotopic (exact) mass is 300 g/mol. The Hall–Kier alpha value is -2.74. The van der Waals surface area contributed by atoms with Crippen LogP contribution in [-0.2, 0) is 12.7 Å². The van der Waals surface area contributed by atoms with Crippen LogP contribution in [0.1, 0.15) is 16.8 Å². The predicted octanol–water partition coefficient (Wildman–Crippen LogP) is 4.58. The summed E-state index contributed by atoms with van der Waals surface area (Å²) < 4.78 is 41.1. The van der Waals surface area contributed by atoms with E-state index in [2.05, 4.69) is 0 Å². The van der Waals surface area contributed by atoms with E-state index >= 15 is 0 Å². The van der Waals surface area contributed by atoms with Crippen molar-refractivity contribution in [1.82, 2.24) is 4.57 Å². The topological polar surface area (TPSA) is 28.7 Å². The van der Waals surface area contributed by atoms with E-state index < -0.39 is 11.9 Å². The molecule has 1 heterocycles. The van der Waals surface area contributed by atoms with Crippen LogP contribution < -0.4 is 0 Å². The summed E-state index contributed by atoms with van der Waals surface area (Å²) in [5.41, 5.74) is 0.893. The first-order valence-electron chi connectivity index (χ1n) is 6.63. The van der Waals surface area contributed by atoms with Gasteiger partial charge in [-0.1, -0.05) is 30.3 Å². The highest BCUT2D eigenvalue weighted by Gasteiger charge is 2.35. The van der Waals surface area contributed by atoms with Crippen LogP contribution in [0.25, 0.3) is 10.9 Å². The second-order valence-electron chi connectivity index (χ2n) is 4.98. The van der Waals surface area contributed by atoms with E-state index in [9.17, 15) is 13.2 Å². The van der Waals surface area contributed by atoms with Gasteiger partial charge in [0.25, 0.3) is 0 Å². The molecule has 2 nitrogen and oxygen atoms in total. The Labute approximate surface area is 125 Å². The van der Waals surface area contributed by atoms with E-state index in [1.165, 1.54) is 16.7 Å². The van der Waals surface area contributed by atoms with Crippen molar-refractivity contribution in [3.05, 3.63) is 71.4 Å². The highest BCUT2D eigenvalue weighted by atomic mass is 19.4. The fourth-order valence-corrected chi connectivity index (χ4v) is 2.51. The lowest BCUT2D eigenvalue weighted by Gasteiger charge is -2.13. The van der Waals surface area contributed by atoms with Gasteiger partial charge < -0.3 is 4.57 Å². The zero-order valence-corrected chi connectivity index (χ0v) is 11.4. The van der Waals surface area contributed by atoms with Crippen molar-refractivity contribution >= 4 is 10.9 Å². The van der Waals surface area contributed by atoms with Gasteiger partial charge in [-0.05, 0) is 29.8 Å². The van der Waals surface area contributed by atoms with Crippen molar-refractivity contribution in [2.75, 3.05) is 0 Å². The molecule has 2 aromatic carbocycles. The van der Waals surface area contributed by atoms with Crippen LogP contribution in [0, 0.1) is 11.3 Å². The van der Waals surface area contributed by atoms with Crippen molar-refractivity contribution in [1.29, 1.82) is 5.26 Å². The number of hydrogen-bond donors (Lipinski definition) is 0. The normalized spacial score (nSPS) is 11.5. The molecule has 22 heavy (non-hydrogen) atoms. The van der Waals surface area contributed by atoms with E-state index in [-0.39, 0.29) is 6.54 Å². The molecule has 0 aliphatic heterocycles. The number of hydrogen-bond acceptors (Lipinski definition) is 1. The van der Waals surface area contributed by atoms with Crippen molar-refractivity contribution < 1.29 is 13.2 Å². The maximum absolute atomic E-state index is 13.3. The Morgan fingerprint density at radius 1 is 1.00 bits per heavy atom. The summed E-state index contributed by atoms with van der Waals surface area (Å²) in [4.78, 5) is 0. The standard InChI is InChI=1S/C17H11F3N2/c18-17(19,20)16-9-14-8-13(10-21)6-7-15(14)22(16)11-12-4-2-1-3-5-12/h1-9H,11H2. The zero-order chi connectivity index (χ0) is 15.7. The highest BCUT2D eigenvalue weighted by Crippen LogP contribution is 2.34. The first-order chi connectivity index (χ1) is 10.5. The van der Waals surface area contributed by atoms with Crippen LogP contribution >= 0.6 is 0 Å². The van der Waals surface area contributed by atoms with Gasteiger partial charge >= 0.3 is 6.18 Å². The molecule has 110 valence electrons. The van der Waals surface area contributed by atoms with Gasteiger partial charge in [0.15, 0.2) is 0 Å². The van der Waals surface area contributed by atoms with Gasteiger partial charge in [0.2, 0.25) is 0 Å². The third-order valence-electron chi connectivity index (χ3n) is 3.50. The first-order valence-corrected chi connectivity index (χ1v) is 6.63. The summed E-state index contributed by atoms with van der Waals surface area (Å²) in [5, 5.41) is 9.31. The van der Waals surface area contributed by atoms with Crippen LogP contribution in [0.3, 0.4) is 0 Å². The van der Waals surface area contributed by atoms with E-state index in [1.807, 2.05) is 12.1 Å². The average molecular weight is 300 g/mol. The molecule has 3 rings (SSSR count). The minimum absolute atomic E-state index is 0.130. The molecule has 0 spiro atoms. The minimum Gasteiger partial charge on any atom is -0.332 e. The molecule has 0 saturated heterocycles. The second-order valence-corrected chi connectivity index (χ2v) is 4.98. The Morgan fingerprint density at radius 2 is 1.73 bits per heavy atom. The molecule has 0 bridgehead atoms. The summed E-state index contributed by atoms with van der Waals surface area (Å²) in [7, 11) is 0. The molecule has 1 aromatic heterocycles. The summed E-state index contributed by atoms with van der Waals surface area (Å²) in [5.74, 6) is 0. The second kappa shape index (κ2) is 5.23. The maximum Gasteiger partial charge on any atom is 0.431 e. The average Bonchev–Trinajstić information content (AvgIpc) is 2.86. The van der Waals surface area contributed by atoms with Crippen LogP contribution in [0.15, 0.2) is 54.6 Å². The van der Waals surface area contributed by atoms with Crippen LogP contribution in [-0.4, -0.2) is 4.57 Å². The highest BCUT2D eigenvalue weighted by molar-refractivity contribution is 5.83. The molecule has 0 radical (unpaired) electrons. The number of aromatic nitrogens is 1. The SMILES string of the molecule is N#Cc1ccc2c(c1)cc(C(F)(F)F)n2Cc1ccccc1. The number of nitriles is 1. The number of fused-ring (bicyclic) bond motifs is 1. The van der Waals surface area contributed by atoms with Gasteiger partial charge in [0.1, 0.15) is 5.69 Å². The van der Waals surface area contributed by atoms with E-state index in [4.69, 9.17) is 5.26 Å². The number of nitrogens with zero attached hydrogens (tertiary/aromatic N) is 2. The van der Waals surface area contributed by atoms with Crippen molar-refractivity contribution in [3.8, 4) is 6.07 Å². The molecule has 5 heteroatoms. The van der Waals surface area contributed by atoms with Gasteiger partial charge in [-0.2, -0.15) is 18.4 Å². The molecule has 0 unspecified atom stereocenters. The lowest BCUT2D eigenvalue weighted by molar-refractivity contribution is -0.143. The summed E-state index contributed by atoms with van der Waals surface area (Å²) in [6, 6.07) is 16.6. The number of halogens is 3. The summed E-state index contributed by atoms with van der Waals surface area (Å²) in [6.07, 6.45) is -4.44. The predicted molar refractivity (Wildman–Crippen MR) is 77.2 cm³/mol. The molecule has 0 saturated carbocycles. The Bertz CT molecular complexity index is 855. The van der Waals surface area contributed by atoms with Crippen LogP contribution in [0.5, 0.6) is 0 Å². The van der Waals surface area contributed by atoms with E-state index in [0.717, 1.165) is 11.6 Å². The van der Waals surface area contributed by atoms with Gasteiger partial charge in [-0.25, -0.2) is 0 Å². The quantitative estimate of drug-likeness (QED) is 0.681. The largest absolute Gasteiger partial charge is 0.431 e. The number of benzene rings is 2. The van der Waals surface area contributed by atoms with E-state index in [0.29, 0.717) is 16.5 Å². The Morgan fingerprint density at radius 3 is 2.36 bits per heavy atom. The number of alkyl halides is 3. The molecule has 0 N–H and O–H groups in total. The smallest absolute Gasteiger partial charge is 0.332 e. The van der Waals surface area contributed by atoms with Gasteiger partial charge in [0.05, 0.1) is 11.6 Å². The Kier molecular flexibility index (Phi) is 3.38. The minimum atomic E-state index is -4.44. The van der Waals surface area contributed by atoms with Crippen molar-refractivity contribution in [3.63, 3.8) is 0 Å². The Balaban J connectivity index is 2.19. The molecule has 0 aliphatic rings. The summed E-state index contributed by atoms with van der Waals surface area (Å²) >= 11 is 0. The lowest BCUT2D eigenvalue weighted by atomic mass is 10.2. The fourth-order valence-electron chi connectivity index (χ4n) is 2.51. The molecule has 0 amide bonds. The number of rotatable bonds is 2. The zero-order valence-electron chi connectivity index (χ0n) is 11.4. The molecular weight excluding hydrogens is 289 g/mol. The molecule has 3 aromatic rings. The molecule has 0 aliphatic carbocycles. The third kappa shape index (κ3) is 2.56. The maximum atomic E-state index is 13.3. The molecule has 0 fully saturated rings. The van der Waals surface area contributed by atoms with E-state index in [1.54, 1.807) is 30.3 Å². The van der Waals surface area contributed by atoms with Crippen molar-refractivity contribution in [2.45, 2.75) is 12.7 Å². The molecular formula is C17H11F3N2. The molecule has 0 atom stereocenters. The first kappa shape index (κ1) is 14.2. The summed E-state index contributed by atoms with van der Waals surface area (Å²) in [6.45, 7) is 0.130. The van der Waals surface area contributed by atoms with Gasteiger partial charge in [-0.15, -0.1) is 0 Å². The van der Waals surface area contributed by atoms with Crippen LogP contribution in [0.4, 0.5) is 13.2 Å². The van der Waals surface area contributed by atoms with Gasteiger partial charge in [0, 0.05) is 17.4 Å². The van der Waals surface area contributed by atoms with Crippen LogP contribution in [0.2, 0.25) is 0 Å². The third-order valence-corrected chi connectivity index (χ3v) is 3.50. The lowest BCUT2D eigenvalue weighted by Crippen LogP contribution is -2.14.